The van der Waals surface area contributed by atoms with E-state index >= 15 is 0 Å². The van der Waals surface area contributed by atoms with Gasteiger partial charge in [0, 0.05) is 40.9 Å². The van der Waals surface area contributed by atoms with Crippen molar-refractivity contribution < 1.29 is 4.79 Å². The summed E-state index contributed by atoms with van der Waals surface area (Å²) < 4.78 is 1.11. The molecule has 0 saturated carbocycles. The average molecular weight is 430 g/mol. The zero-order valence-electron chi connectivity index (χ0n) is 17.3. The van der Waals surface area contributed by atoms with Gasteiger partial charge in [-0.15, -0.1) is 11.3 Å². The highest BCUT2D eigenvalue weighted by atomic mass is 32.1. The van der Waals surface area contributed by atoms with Crippen molar-refractivity contribution >= 4 is 50.5 Å². The van der Waals surface area contributed by atoms with Crippen LogP contribution < -0.4 is 15.5 Å². The first kappa shape index (κ1) is 19.5. The number of aromatic nitrogens is 2. The first-order valence-electron chi connectivity index (χ1n) is 10.4. The van der Waals surface area contributed by atoms with E-state index < -0.39 is 0 Å². The second-order valence-corrected chi connectivity index (χ2v) is 8.78. The molecular weight excluding hydrogens is 406 g/mol. The molecule has 2 aromatic carbocycles. The van der Waals surface area contributed by atoms with Gasteiger partial charge in [-0.1, -0.05) is 18.2 Å². The molecule has 0 aliphatic carbocycles. The average Bonchev–Trinajstić information content (AvgIpc) is 3.45. The molecule has 6 nitrogen and oxygen atoms in total. The van der Waals surface area contributed by atoms with Crippen LogP contribution in [0.2, 0.25) is 0 Å². The Bertz CT molecular complexity index is 1200. The maximum absolute atomic E-state index is 12.6. The quantitative estimate of drug-likeness (QED) is 0.432. The molecule has 1 aliphatic rings. The normalized spacial score (nSPS) is 13.5. The highest BCUT2D eigenvalue weighted by Crippen LogP contribution is 2.27. The predicted octanol–water partition coefficient (Wildman–Crippen LogP) is 5.60. The van der Waals surface area contributed by atoms with Crippen molar-refractivity contribution in [1.82, 2.24) is 9.97 Å². The highest BCUT2D eigenvalue weighted by molar-refractivity contribution is 7.20. The fraction of sp³-hybridized carbons (Fsp3) is 0.208. The minimum atomic E-state index is -0.0939. The summed E-state index contributed by atoms with van der Waals surface area (Å²) in [4.78, 5) is 24.8. The Hall–Kier alpha value is -3.45. The number of hydrogen-bond donors (Lipinski definition) is 2. The van der Waals surface area contributed by atoms with Crippen LogP contribution in [0, 0.1) is 6.92 Å². The third kappa shape index (κ3) is 4.36. The number of fused-ring (bicyclic) bond motifs is 1. The largest absolute Gasteiger partial charge is 0.341 e. The van der Waals surface area contributed by atoms with E-state index in [0.29, 0.717) is 4.88 Å². The Labute approximate surface area is 185 Å². The molecule has 0 spiro atoms. The molecule has 3 heterocycles. The van der Waals surface area contributed by atoms with Crippen molar-refractivity contribution in [3.63, 3.8) is 0 Å². The molecule has 7 heteroatoms. The molecule has 5 rings (SSSR count). The van der Waals surface area contributed by atoms with E-state index in [2.05, 4.69) is 25.5 Å². The topological polar surface area (TPSA) is 70.2 Å². The van der Waals surface area contributed by atoms with Crippen LogP contribution in [-0.2, 0) is 0 Å². The minimum absolute atomic E-state index is 0.0939. The SMILES string of the molecule is Cc1cc(Nc2ccc(NC(=O)c3cc4ccccc4s3)cc2)nc(N2CCCC2)n1. The van der Waals surface area contributed by atoms with E-state index in [1.54, 1.807) is 0 Å². The van der Waals surface area contributed by atoms with Gasteiger partial charge in [0.15, 0.2) is 0 Å². The fourth-order valence-corrected chi connectivity index (χ4v) is 4.70. The number of rotatable bonds is 5. The smallest absolute Gasteiger partial charge is 0.265 e. The van der Waals surface area contributed by atoms with Crippen molar-refractivity contribution in [3.8, 4) is 0 Å². The summed E-state index contributed by atoms with van der Waals surface area (Å²) in [6.07, 6.45) is 2.38. The molecule has 0 bridgehead atoms. The van der Waals surface area contributed by atoms with Crippen LogP contribution in [0.25, 0.3) is 10.1 Å². The van der Waals surface area contributed by atoms with Crippen LogP contribution >= 0.6 is 11.3 Å². The molecule has 0 unspecified atom stereocenters. The van der Waals surface area contributed by atoms with Gasteiger partial charge in [-0.05, 0) is 61.5 Å². The number of aryl methyl sites for hydroxylation is 1. The van der Waals surface area contributed by atoms with Gasteiger partial charge in [-0.3, -0.25) is 4.79 Å². The maximum atomic E-state index is 12.6. The van der Waals surface area contributed by atoms with Gasteiger partial charge in [-0.25, -0.2) is 4.98 Å². The Kier molecular flexibility index (Phi) is 5.26. The number of hydrogen-bond acceptors (Lipinski definition) is 6. The van der Waals surface area contributed by atoms with Crippen LogP contribution in [0.4, 0.5) is 23.1 Å². The Balaban J connectivity index is 1.27. The van der Waals surface area contributed by atoms with E-state index in [1.165, 1.54) is 24.2 Å². The van der Waals surface area contributed by atoms with Gasteiger partial charge in [0.05, 0.1) is 4.88 Å². The minimum Gasteiger partial charge on any atom is -0.341 e. The highest BCUT2D eigenvalue weighted by Gasteiger charge is 2.16. The number of amides is 1. The molecule has 0 radical (unpaired) electrons. The number of nitrogens with one attached hydrogen (secondary N) is 2. The van der Waals surface area contributed by atoms with Crippen LogP contribution in [0.1, 0.15) is 28.2 Å². The van der Waals surface area contributed by atoms with E-state index in [4.69, 9.17) is 0 Å². The summed E-state index contributed by atoms with van der Waals surface area (Å²) in [7, 11) is 0. The van der Waals surface area contributed by atoms with E-state index in [9.17, 15) is 4.79 Å². The number of nitrogens with zero attached hydrogens (tertiary/aromatic N) is 3. The Morgan fingerprint density at radius 2 is 1.71 bits per heavy atom. The second-order valence-electron chi connectivity index (χ2n) is 7.69. The molecule has 2 N–H and O–H groups in total. The first-order chi connectivity index (χ1) is 15.1. The first-order valence-corrected chi connectivity index (χ1v) is 11.2. The molecule has 156 valence electrons. The van der Waals surface area contributed by atoms with Gasteiger partial charge in [0.25, 0.3) is 5.91 Å². The van der Waals surface area contributed by atoms with E-state index in [0.717, 1.165) is 52.0 Å². The molecule has 0 atom stereocenters. The standard InChI is InChI=1S/C24H23N5OS/c1-16-14-22(28-24(25-16)29-12-4-5-13-29)26-18-8-10-19(11-9-18)27-23(30)21-15-17-6-2-3-7-20(17)31-21/h2-3,6-11,14-15H,4-5,12-13H2,1H3,(H,27,30)(H,25,26,28). The molecule has 1 amide bonds. The zero-order chi connectivity index (χ0) is 21.2. The van der Waals surface area contributed by atoms with Gasteiger partial charge >= 0.3 is 0 Å². The molecule has 1 saturated heterocycles. The lowest BCUT2D eigenvalue weighted by molar-refractivity contribution is 0.103. The van der Waals surface area contributed by atoms with Crippen molar-refractivity contribution in [3.05, 3.63) is 71.2 Å². The number of benzene rings is 2. The third-order valence-electron chi connectivity index (χ3n) is 5.30. The van der Waals surface area contributed by atoms with Crippen molar-refractivity contribution in [1.29, 1.82) is 0 Å². The van der Waals surface area contributed by atoms with Crippen LogP contribution in [0.3, 0.4) is 0 Å². The van der Waals surface area contributed by atoms with Gasteiger partial charge < -0.3 is 15.5 Å². The number of thiophene rings is 1. The number of carbonyl (C=O) groups excluding carboxylic acids is 1. The fourth-order valence-electron chi connectivity index (χ4n) is 3.75. The van der Waals surface area contributed by atoms with Crippen molar-refractivity contribution in [2.75, 3.05) is 28.6 Å². The lowest BCUT2D eigenvalue weighted by atomic mass is 10.2. The Morgan fingerprint density at radius 3 is 2.48 bits per heavy atom. The third-order valence-corrected chi connectivity index (χ3v) is 6.41. The number of anilines is 4. The summed E-state index contributed by atoms with van der Waals surface area (Å²) in [5.74, 6) is 1.47. The van der Waals surface area contributed by atoms with Gasteiger partial charge in [0.2, 0.25) is 5.95 Å². The summed E-state index contributed by atoms with van der Waals surface area (Å²) in [6, 6.07) is 19.5. The van der Waals surface area contributed by atoms with Gasteiger partial charge in [0.1, 0.15) is 5.82 Å². The van der Waals surface area contributed by atoms with Crippen LogP contribution in [0.15, 0.2) is 60.7 Å². The molecule has 1 aliphatic heterocycles. The lowest BCUT2D eigenvalue weighted by Gasteiger charge is -2.17. The zero-order valence-corrected chi connectivity index (χ0v) is 18.1. The van der Waals surface area contributed by atoms with Gasteiger partial charge in [-0.2, -0.15) is 4.98 Å². The molecular formula is C24H23N5OS. The summed E-state index contributed by atoms with van der Waals surface area (Å²) >= 11 is 1.50. The Morgan fingerprint density at radius 1 is 0.968 bits per heavy atom. The molecule has 4 aromatic rings. The summed E-state index contributed by atoms with van der Waals surface area (Å²) in [5, 5.41) is 7.42. The summed E-state index contributed by atoms with van der Waals surface area (Å²) in [6.45, 7) is 4.01. The van der Waals surface area contributed by atoms with Crippen LogP contribution in [0.5, 0.6) is 0 Å². The monoisotopic (exact) mass is 429 g/mol. The van der Waals surface area contributed by atoms with Crippen molar-refractivity contribution in [2.24, 2.45) is 0 Å². The molecule has 1 fully saturated rings. The number of carbonyl (C=O) groups is 1. The summed E-state index contributed by atoms with van der Waals surface area (Å²) in [5.41, 5.74) is 2.60. The van der Waals surface area contributed by atoms with E-state index in [-0.39, 0.29) is 5.91 Å². The second kappa shape index (κ2) is 8.35. The maximum Gasteiger partial charge on any atom is 0.265 e. The molecule has 31 heavy (non-hydrogen) atoms. The van der Waals surface area contributed by atoms with E-state index in [1.807, 2.05) is 67.6 Å². The molecule has 2 aromatic heterocycles. The van der Waals surface area contributed by atoms with Crippen molar-refractivity contribution in [2.45, 2.75) is 19.8 Å². The predicted molar refractivity (Wildman–Crippen MR) is 128 cm³/mol. The lowest BCUT2D eigenvalue weighted by Crippen LogP contribution is -2.21. The van der Waals surface area contributed by atoms with Crippen LogP contribution in [-0.4, -0.2) is 29.0 Å².